The summed E-state index contributed by atoms with van der Waals surface area (Å²) in [7, 11) is 0. The number of alkyl halides is 3. The van der Waals surface area contributed by atoms with Crippen LogP contribution in [-0.4, -0.2) is 15.6 Å². The standard InChI is InChI=1S/C19H8Cl3F3N2O2/c20-11-8-12-16(15(22)14(11)21)26-17(19(23,24)25)27(12)18(28)29-13-7-3-5-9-4-1-2-6-10(9)13/h1-8H. The van der Waals surface area contributed by atoms with Gasteiger partial charge in [0.1, 0.15) is 11.3 Å². The molecule has 0 atom stereocenters. The van der Waals surface area contributed by atoms with Gasteiger partial charge in [0, 0.05) is 5.39 Å². The van der Waals surface area contributed by atoms with E-state index in [1.165, 1.54) is 6.07 Å². The Hall–Kier alpha value is -2.48. The van der Waals surface area contributed by atoms with Crippen LogP contribution in [0.4, 0.5) is 18.0 Å². The van der Waals surface area contributed by atoms with Crippen LogP contribution in [0.3, 0.4) is 0 Å². The molecule has 0 fully saturated rings. The predicted octanol–water partition coefficient (Wildman–Crippen LogP) is 7.22. The van der Waals surface area contributed by atoms with Crippen molar-refractivity contribution in [1.29, 1.82) is 0 Å². The van der Waals surface area contributed by atoms with Gasteiger partial charge in [-0.05, 0) is 17.5 Å². The highest BCUT2D eigenvalue weighted by Gasteiger charge is 2.40. The normalized spacial score (nSPS) is 11.9. The summed E-state index contributed by atoms with van der Waals surface area (Å²) >= 11 is 17.8. The Labute approximate surface area is 176 Å². The first-order valence-corrected chi connectivity index (χ1v) is 9.15. The zero-order chi connectivity index (χ0) is 20.9. The summed E-state index contributed by atoms with van der Waals surface area (Å²) in [5.41, 5.74) is -0.592. The summed E-state index contributed by atoms with van der Waals surface area (Å²) in [4.78, 5) is 16.3. The fourth-order valence-corrected chi connectivity index (χ4v) is 3.55. The number of benzene rings is 3. The monoisotopic (exact) mass is 458 g/mol. The fraction of sp³-hybridized carbons (Fsp3) is 0.0526. The molecule has 0 radical (unpaired) electrons. The number of aromatic nitrogens is 2. The third-order valence-corrected chi connectivity index (χ3v) is 5.42. The van der Waals surface area contributed by atoms with E-state index in [0.29, 0.717) is 5.39 Å². The molecule has 0 amide bonds. The Morgan fingerprint density at radius 2 is 1.69 bits per heavy atom. The van der Waals surface area contributed by atoms with Crippen molar-refractivity contribution in [3.63, 3.8) is 0 Å². The fourth-order valence-electron chi connectivity index (χ4n) is 2.92. The van der Waals surface area contributed by atoms with Crippen LogP contribution >= 0.6 is 34.8 Å². The number of imidazole rings is 1. The van der Waals surface area contributed by atoms with Crippen molar-refractivity contribution in [3.8, 4) is 5.75 Å². The lowest BCUT2D eigenvalue weighted by molar-refractivity contribution is -0.145. The maximum Gasteiger partial charge on any atom is 0.450 e. The first-order chi connectivity index (χ1) is 13.7. The summed E-state index contributed by atoms with van der Waals surface area (Å²) in [6.45, 7) is 0. The molecule has 0 N–H and O–H groups in total. The number of hydrogen-bond donors (Lipinski definition) is 0. The zero-order valence-corrected chi connectivity index (χ0v) is 16.4. The molecule has 0 unspecified atom stereocenters. The van der Waals surface area contributed by atoms with E-state index in [4.69, 9.17) is 39.5 Å². The number of fused-ring (bicyclic) bond motifs is 2. The Morgan fingerprint density at radius 3 is 2.41 bits per heavy atom. The topological polar surface area (TPSA) is 44.1 Å². The second-order valence-electron chi connectivity index (χ2n) is 5.97. The van der Waals surface area contributed by atoms with Crippen LogP contribution < -0.4 is 4.74 Å². The average molecular weight is 460 g/mol. The van der Waals surface area contributed by atoms with Crippen LogP contribution in [0.2, 0.25) is 15.1 Å². The van der Waals surface area contributed by atoms with Crippen molar-refractivity contribution in [2.45, 2.75) is 6.18 Å². The third-order valence-electron chi connectivity index (χ3n) is 4.17. The molecule has 10 heteroatoms. The lowest BCUT2D eigenvalue weighted by atomic mass is 10.1. The highest BCUT2D eigenvalue weighted by molar-refractivity contribution is 6.50. The van der Waals surface area contributed by atoms with Crippen molar-refractivity contribution in [2.75, 3.05) is 0 Å². The number of hydrogen-bond acceptors (Lipinski definition) is 3. The predicted molar refractivity (Wildman–Crippen MR) is 105 cm³/mol. The van der Waals surface area contributed by atoms with Gasteiger partial charge in [-0.15, -0.1) is 0 Å². The summed E-state index contributed by atoms with van der Waals surface area (Å²) < 4.78 is 46.3. The van der Waals surface area contributed by atoms with Crippen molar-refractivity contribution >= 4 is 62.7 Å². The summed E-state index contributed by atoms with van der Waals surface area (Å²) in [6.07, 6.45) is -6.27. The molecular formula is C19H8Cl3F3N2O2. The molecule has 4 aromatic rings. The Morgan fingerprint density at radius 1 is 1.00 bits per heavy atom. The van der Waals surface area contributed by atoms with E-state index in [0.717, 1.165) is 11.5 Å². The van der Waals surface area contributed by atoms with Gasteiger partial charge >= 0.3 is 12.3 Å². The Bertz CT molecular complexity index is 1280. The quantitative estimate of drug-likeness (QED) is 0.282. The molecule has 1 aromatic heterocycles. The van der Waals surface area contributed by atoms with Gasteiger partial charge < -0.3 is 4.74 Å². The van der Waals surface area contributed by atoms with Crippen molar-refractivity contribution in [1.82, 2.24) is 9.55 Å². The lowest BCUT2D eigenvalue weighted by Crippen LogP contribution is -2.24. The van der Waals surface area contributed by atoms with Gasteiger partial charge in [-0.2, -0.15) is 13.2 Å². The van der Waals surface area contributed by atoms with E-state index in [-0.39, 0.29) is 36.4 Å². The molecule has 0 aliphatic rings. The van der Waals surface area contributed by atoms with Crippen molar-refractivity contribution in [3.05, 3.63) is 69.4 Å². The minimum Gasteiger partial charge on any atom is -0.409 e. The maximum absolute atomic E-state index is 13.6. The minimum atomic E-state index is -4.96. The smallest absolute Gasteiger partial charge is 0.409 e. The van der Waals surface area contributed by atoms with E-state index in [9.17, 15) is 18.0 Å². The van der Waals surface area contributed by atoms with Crippen LogP contribution in [0, 0.1) is 0 Å². The molecule has 0 bridgehead atoms. The van der Waals surface area contributed by atoms with Gasteiger partial charge in [0.05, 0.1) is 20.6 Å². The zero-order valence-electron chi connectivity index (χ0n) is 14.1. The van der Waals surface area contributed by atoms with Crippen LogP contribution in [-0.2, 0) is 6.18 Å². The summed E-state index contributed by atoms with van der Waals surface area (Å²) in [5.74, 6) is -1.41. The lowest BCUT2D eigenvalue weighted by Gasteiger charge is -2.12. The maximum atomic E-state index is 13.6. The summed E-state index contributed by atoms with van der Waals surface area (Å²) in [5, 5.41) is 0.720. The first kappa shape index (κ1) is 19.8. The Kier molecular flexibility index (Phi) is 4.85. The molecule has 0 spiro atoms. The van der Waals surface area contributed by atoms with Crippen LogP contribution in [0.1, 0.15) is 5.82 Å². The van der Waals surface area contributed by atoms with Gasteiger partial charge in [0.25, 0.3) is 0 Å². The van der Waals surface area contributed by atoms with Gasteiger partial charge in [-0.25, -0.2) is 14.3 Å². The second-order valence-corrected chi connectivity index (χ2v) is 7.13. The van der Waals surface area contributed by atoms with E-state index >= 15 is 0 Å². The molecule has 0 aliphatic carbocycles. The second kappa shape index (κ2) is 7.09. The van der Waals surface area contributed by atoms with E-state index in [1.807, 2.05) is 0 Å². The molecule has 0 saturated carbocycles. The number of rotatable bonds is 1. The number of carbonyl (C=O) groups is 1. The van der Waals surface area contributed by atoms with Gasteiger partial charge in [0.15, 0.2) is 0 Å². The van der Waals surface area contributed by atoms with Crippen LogP contribution in [0.5, 0.6) is 5.75 Å². The highest BCUT2D eigenvalue weighted by atomic mass is 35.5. The molecule has 148 valence electrons. The van der Waals surface area contributed by atoms with Crippen molar-refractivity contribution < 1.29 is 22.7 Å². The van der Waals surface area contributed by atoms with Gasteiger partial charge in [-0.3, -0.25) is 0 Å². The van der Waals surface area contributed by atoms with Gasteiger partial charge in [-0.1, -0.05) is 71.2 Å². The molecule has 3 aromatic carbocycles. The average Bonchev–Trinajstić information content (AvgIpc) is 3.06. The summed E-state index contributed by atoms with van der Waals surface area (Å²) in [6, 6.07) is 12.9. The Balaban J connectivity index is 1.91. The molecular weight excluding hydrogens is 452 g/mol. The first-order valence-electron chi connectivity index (χ1n) is 8.01. The highest BCUT2D eigenvalue weighted by Crippen LogP contribution is 2.40. The molecule has 0 saturated heterocycles. The number of carbonyl (C=O) groups excluding carboxylic acids is 1. The van der Waals surface area contributed by atoms with Gasteiger partial charge in [0.2, 0.25) is 5.82 Å². The third kappa shape index (κ3) is 3.39. The van der Waals surface area contributed by atoms with Crippen LogP contribution in [0.25, 0.3) is 21.8 Å². The van der Waals surface area contributed by atoms with E-state index in [1.54, 1.807) is 36.4 Å². The molecule has 4 rings (SSSR count). The minimum absolute atomic E-state index is 0.0919. The van der Waals surface area contributed by atoms with E-state index in [2.05, 4.69) is 4.98 Å². The van der Waals surface area contributed by atoms with E-state index < -0.39 is 18.1 Å². The molecule has 0 aliphatic heterocycles. The molecule has 4 nitrogen and oxygen atoms in total. The number of halogens is 6. The SMILES string of the molecule is O=C(Oc1cccc2ccccc12)n1c(C(F)(F)F)nc2c(Cl)c(Cl)c(Cl)cc21. The number of ether oxygens (including phenoxy) is 1. The van der Waals surface area contributed by atoms with Crippen molar-refractivity contribution in [2.24, 2.45) is 0 Å². The molecule has 1 heterocycles. The molecule has 29 heavy (non-hydrogen) atoms. The largest absolute Gasteiger partial charge is 0.450 e. The van der Waals surface area contributed by atoms with Crippen LogP contribution in [0.15, 0.2) is 48.5 Å². The number of nitrogens with zero attached hydrogens (tertiary/aromatic N) is 2.